The number of benzene rings is 2. The van der Waals surface area contributed by atoms with Crippen molar-refractivity contribution >= 4 is 11.6 Å². The van der Waals surface area contributed by atoms with E-state index in [1.807, 2.05) is 30.3 Å². The van der Waals surface area contributed by atoms with Gasteiger partial charge < -0.3 is 15.2 Å². The van der Waals surface area contributed by atoms with Gasteiger partial charge >= 0.3 is 0 Å². The number of nitrogens with two attached hydrogens (primary N) is 1. The highest BCUT2D eigenvalue weighted by Gasteiger charge is 2.18. The molecule has 0 saturated heterocycles. The van der Waals surface area contributed by atoms with Crippen molar-refractivity contribution in [1.82, 2.24) is 0 Å². The van der Waals surface area contributed by atoms with Gasteiger partial charge in [-0.25, -0.2) is 0 Å². The first-order chi connectivity index (χ1) is 10.1. The third-order valence-corrected chi connectivity index (χ3v) is 3.97. The van der Waals surface area contributed by atoms with Gasteiger partial charge in [0.25, 0.3) is 0 Å². The van der Waals surface area contributed by atoms with Gasteiger partial charge in [-0.1, -0.05) is 41.4 Å². The molecule has 0 bridgehead atoms. The standard InChI is InChI=1S/C17H18ClNO2/c1-11-3-5-12(6-4-11)17(19)13-9-15-16(10-14(13)18)21-8-2-7-20-15/h3-6,9-10,17H,2,7-8,19H2,1H3. The summed E-state index contributed by atoms with van der Waals surface area (Å²) in [5.74, 6) is 1.41. The van der Waals surface area contributed by atoms with Crippen LogP contribution in [0.3, 0.4) is 0 Å². The van der Waals surface area contributed by atoms with Crippen molar-refractivity contribution in [2.24, 2.45) is 5.73 Å². The Morgan fingerprint density at radius 1 is 1.05 bits per heavy atom. The van der Waals surface area contributed by atoms with Gasteiger partial charge in [0, 0.05) is 17.5 Å². The molecule has 0 fully saturated rings. The van der Waals surface area contributed by atoms with E-state index in [2.05, 4.69) is 6.92 Å². The Bertz CT molecular complexity index is 640. The summed E-state index contributed by atoms with van der Waals surface area (Å²) in [7, 11) is 0. The highest BCUT2D eigenvalue weighted by atomic mass is 35.5. The summed E-state index contributed by atoms with van der Waals surface area (Å²) in [5, 5.41) is 0.604. The van der Waals surface area contributed by atoms with Crippen molar-refractivity contribution in [3.63, 3.8) is 0 Å². The van der Waals surface area contributed by atoms with E-state index in [1.54, 1.807) is 6.07 Å². The van der Waals surface area contributed by atoms with Gasteiger partial charge in [0.1, 0.15) is 0 Å². The molecule has 0 saturated carbocycles. The van der Waals surface area contributed by atoms with Crippen LogP contribution < -0.4 is 15.2 Å². The van der Waals surface area contributed by atoms with E-state index in [-0.39, 0.29) is 6.04 Å². The lowest BCUT2D eigenvalue weighted by molar-refractivity contribution is 0.297. The van der Waals surface area contributed by atoms with E-state index in [9.17, 15) is 0 Å². The molecule has 4 heteroatoms. The number of ether oxygens (including phenoxy) is 2. The van der Waals surface area contributed by atoms with E-state index >= 15 is 0 Å². The molecule has 0 amide bonds. The summed E-state index contributed by atoms with van der Waals surface area (Å²) in [5.41, 5.74) is 9.44. The summed E-state index contributed by atoms with van der Waals surface area (Å²) in [4.78, 5) is 0. The second-order valence-electron chi connectivity index (χ2n) is 5.26. The second kappa shape index (κ2) is 5.96. The van der Waals surface area contributed by atoms with Gasteiger partial charge in [-0.2, -0.15) is 0 Å². The average molecular weight is 304 g/mol. The van der Waals surface area contributed by atoms with Crippen LogP contribution in [0.5, 0.6) is 11.5 Å². The van der Waals surface area contributed by atoms with Crippen LogP contribution in [0.2, 0.25) is 5.02 Å². The monoisotopic (exact) mass is 303 g/mol. The van der Waals surface area contributed by atoms with Crippen LogP contribution in [0.25, 0.3) is 0 Å². The first kappa shape index (κ1) is 14.2. The summed E-state index contributed by atoms with van der Waals surface area (Å²) < 4.78 is 11.3. The largest absolute Gasteiger partial charge is 0.490 e. The van der Waals surface area contributed by atoms with Gasteiger partial charge in [-0.05, 0) is 24.1 Å². The van der Waals surface area contributed by atoms with Crippen LogP contribution in [0.1, 0.15) is 29.2 Å². The Morgan fingerprint density at radius 3 is 2.33 bits per heavy atom. The van der Waals surface area contributed by atoms with Crippen molar-refractivity contribution in [2.45, 2.75) is 19.4 Å². The molecule has 3 rings (SSSR count). The SMILES string of the molecule is Cc1ccc(C(N)c2cc3c(cc2Cl)OCCCO3)cc1. The predicted molar refractivity (Wildman–Crippen MR) is 84.3 cm³/mol. The maximum absolute atomic E-state index is 6.37. The van der Waals surface area contributed by atoms with Crippen molar-refractivity contribution in [2.75, 3.05) is 13.2 Å². The molecular weight excluding hydrogens is 286 g/mol. The molecule has 0 radical (unpaired) electrons. The van der Waals surface area contributed by atoms with Crippen LogP contribution in [0, 0.1) is 6.92 Å². The number of rotatable bonds is 2. The Morgan fingerprint density at radius 2 is 1.67 bits per heavy atom. The van der Waals surface area contributed by atoms with Crippen LogP contribution in [-0.2, 0) is 0 Å². The molecule has 3 nitrogen and oxygen atoms in total. The average Bonchev–Trinajstić information content (AvgIpc) is 2.71. The molecule has 1 unspecified atom stereocenters. The van der Waals surface area contributed by atoms with E-state index in [0.29, 0.717) is 24.0 Å². The molecule has 2 aromatic rings. The molecule has 0 aromatic heterocycles. The quantitative estimate of drug-likeness (QED) is 0.916. The van der Waals surface area contributed by atoms with Crippen LogP contribution in [-0.4, -0.2) is 13.2 Å². The van der Waals surface area contributed by atoms with Gasteiger partial charge in [0.15, 0.2) is 11.5 Å². The molecule has 21 heavy (non-hydrogen) atoms. The summed E-state index contributed by atoms with van der Waals surface area (Å²) in [6.45, 7) is 3.34. The lowest BCUT2D eigenvalue weighted by Crippen LogP contribution is -2.12. The molecule has 110 valence electrons. The van der Waals surface area contributed by atoms with Gasteiger partial charge in [0.2, 0.25) is 0 Å². The molecule has 2 N–H and O–H groups in total. The first-order valence-corrected chi connectivity index (χ1v) is 7.44. The Hall–Kier alpha value is -1.71. The van der Waals surface area contributed by atoms with Crippen LogP contribution >= 0.6 is 11.6 Å². The molecule has 1 heterocycles. The van der Waals surface area contributed by atoms with E-state index in [1.165, 1.54) is 5.56 Å². The third-order valence-electron chi connectivity index (χ3n) is 3.64. The number of aryl methyl sites for hydroxylation is 1. The minimum absolute atomic E-state index is 0.282. The molecule has 1 atom stereocenters. The number of hydrogen-bond donors (Lipinski definition) is 1. The van der Waals surface area contributed by atoms with Crippen LogP contribution in [0.15, 0.2) is 36.4 Å². The lowest BCUT2D eigenvalue weighted by Gasteiger charge is -2.17. The molecule has 2 aromatic carbocycles. The second-order valence-corrected chi connectivity index (χ2v) is 5.67. The maximum Gasteiger partial charge on any atom is 0.162 e. The topological polar surface area (TPSA) is 44.5 Å². The number of hydrogen-bond acceptors (Lipinski definition) is 3. The smallest absolute Gasteiger partial charge is 0.162 e. The zero-order valence-electron chi connectivity index (χ0n) is 11.9. The summed E-state index contributed by atoms with van der Waals surface area (Å²) in [6.07, 6.45) is 0.867. The Balaban J connectivity index is 1.97. The fourth-order valence-corrected chi connectivity index (χ4v) is 2.66. The molecule has 1 aliphatic heterocycles. The molecule has 0 spiro atoms. The minimum atomic E-state index is -0.282. The van der Waals surface area contributed by atoms with Crippen molar-refractivity contribution in [1.29, 1.82) is 0 Å². The first-order valence-electron chi connectivity index (χ1n) is 7.06. The highest BCUT2D eigenvalue weighted by molar-refractivity contribution is 6.31. The van der Waals surface area contributed by atoms with Crippen LogP contribution in [0.4, 0.5) is 0 Å². The zero-order valence-corrected chi connectivity index (χ0v) is 12.7. The molecule has 1 aliphatic rings. The van der Waals surface area contributed by atoms with E-state index < -0.39 is 0 Å². The summed E-state index contributed by atoms with van der Waals surface area (Å²) in [6, 6.07) is 11.6. The van der Waals surface area contributed by atoms with E-state index in [4.69, 9.17) is 26.8 Å². The highest BCUT2D eigenvalue weighted by Crippen LogP contribution is 2.38. The van der Waals surface area contributed by atoms with Gasteiger partial charge in [-0.3, -0.25) is 0 Å². The Kier molecular flexibility index (Phi) is 4.04. The third kappa shape index (κ3) is 2.99. The maximum atomic E-state index is 6.37. The number of fused-ring (bicyclic) bond motifs is 1. The van der Waals surface area contributed by atoms with Gasteiger partial charge in [0.05, 0.1) is 19.3 Å². The van der Waals surface area contributed by atoms with Crippen molar-refractivity contribution < 1.29 is 9.47 Å². The summed E-state index contributed by atoms with van der Waals surface area (Å²) >= 11 is 6.37. The molecule has 0 aliphatic carbocycles. The van der Waals surface area contributed by atoms with Crippen molar-refractivity contribution in [3.8, 4) is 11.5 Å². The zero-order chi connectivity index (χ0) is 14.8. The van der Waals surface area contributed by atoms with E-state index in [0.717, 1.165) is 23.3 Å². The predicted octanol–water partition coefficient (Wildman–Crippen LogP) is 3.86. The molecular formula is C17H18ClNO2. The fraction of sp³-hybridized carbons (Fsp3) is 0.294. The lowest BCUT2D eigenvalue weighted by atomic mass is 9.98. The number of halogens is 1. The fourth-order valence-electron chi connectivity index (χ4n) is 2.39. The Labute approximate surface area is 129 Å². The van der Waals surface area contributed by atoms with Gasteiger partial charge in [-0.15, -0.1) is 0 Å². The van der Waals surface area contributed by atoms with Crippen molar-refractivity contribution in [3.05, 3.63) is 58.1 Å². The normalized spacial score (nSPS) is 15.4. The minimum Gasteiger partial charge on any atom is -0.490 e.